The predicted molar refractivity (Wildman–Crippen MR) is 112 cm³/mol. The number of halogens is 1. The van der Waals surface area contributed by atoms with Crippen LogP contribution in [0.2, 0.25) is 0 Å². The van der Waals surface area contributed by atoms with Gasteiger partial charge in [-0.15, -0.1) is 0 Å². The van der Waals surface area contributed by atoms with Crippen LogP contribution in [0.3, 0.4) is 0 Å². The molecular weight excluding hydrogens is 349 g/mol. The number of aryl methyl sites for hydroxylation is 2. The third-order valence-corrected chi connectivity index (χ3v) is 5.91. The van der Waals surface area contributed by atoms with Crippen LogP contribution in [0.25, 0.3) is 33.2 Å². The average Bonchev–Trinajstić information content (AvgIpc) is 3.34. The zero-order chi connectivity index (χ0) is 19.3. The van der Waals surface area contributed by atoms with E-state index >= 15 is 0 Å². The van der Waals surface area contributed by atoms with E-state index in [-0.39, 0.29) is 5.82 Å². The Morgan fingerprint density at radius 1 is 0.929 bits per heavy atom. The SMILES string of the molecule is COc1ccc(F)c(-c2ccc3c(c2-c2cccc4ccn(C)c24)CCC3)c1. The molecule has 0 fully saturated rings. The Morgan fingerprint density at radius 3 is 2.68 bits per heavy atom. The van der Waals surface area contributed by atoms with Gasteiger partial charge >= 0.3 is 0 Å². The van der Waals surface area contributed by atoms with Crippen LogP contribution in [0.4, 0.5) is 4.39 Å². The van der Waals surface area contributed by atoms with Crippen molar-refractivity contribution in [1.29, 1.82) is 0 Å². The third kappa shape index (κ3) is 2.54. The Hall–Kier alpha value is -3.07. The fourth-order valence-corrected chi connectivity index (χ4v) is 4.59. The van der Waals surface area contributed by atoms with Gasteiger partial charge in [-0.05, 0) is 65.8 Å². The molecule has 1 aliphatic carbocycles. The number of para-hydroxylation sites is 1. The Bertz CT molecular complexity index is 1200. The molecule has 0 N–H and O–H groups in total. The van der Waals surface area contributed by atoms with E-state index in [1.807, 2.05) is 0 Å². The summed E-state index contributed by atoms with van der Waals surface area (Å²) in [5.41, 5.74) is 7.78. The largest absolute Gasteiger partial charge is 0.497 e. The van der Waals surface area contributed by atoms with Crippen LogP contribution in [0, 0.1) is 5.82 Å². The van der Waals surface area contributed by atoms with E-state index < -0.39 is 0 Å². The molecule has 0 amide bonds. The van der Waals surface area contributed by atoms with Crippen LogP contribution < -0.4 is 4.74 Å². The molecule has 0 radical (unpaired) electrons. The highest BCUT2D eigenvalue weighted by Gasteiger charge is 2.23. The molecule has 0 atom stereocenters. The van der Waals surface area contributed by atoms with E-state index in [4.69, 9.17) is 4.74 Å². The Kier molecular flexibility index (Phi) is 3.97. The Balaban J connectivity index is 1.88. The first kappa shape index (κ1) is 17.1. The highest BCUT2D eigenvalue weighted by molar-refractivity contribution is 6.00. The standard InChI is InChI=1S/C25H22FNO/c1-27-14-13-17-6-4-8-21(25(17)27)24-19-7-3-5-16(19)9-11-20(24)22-15-18(28-2)10-12-23(22)26/h4,6,8-15H,3,5,7H2,1-2H3. The number of ether oxygens (including phenoxy) is 1. The average molecular weight is 371 g/mol. The Morgan fingerprint density at radius 2 is 1.82 bits per heavy atom. The van der Waals surface area contributed by atoms with Gasteiger partial charge in [0.05, 0.1) is 12.6 Å². The minimum Gasteiger partial charge on any atom is -0.497 e. The zero-order valence-corrected chi connectivity index (χ0v) is 16.1. The van der Waals surface area contributed by atoms with E-state index in [0.717, 1.165) is 30.4 Å². The van der Waals surface area contributed by atoms with Crippen molar-refractivity contribution in [2.45, 2.75) is 19.3 Å². The van der Waals surface area contributed by atoms with Crippen molar-refractivity contribution in [3.05, 3.63) is 77.7 Å². The number of benzene rings is 3. The van der Waals surface area contributed by atoms with Gasteiger partial charge in [-0.3, -0.25) is 0 Å². The van der Waals surface area contributed by atoms with E-state index in [0.29, 0.717) is 11.3 Å². The summed E-state index contributed by atoms with van der Waals surface area (Å²) in [5, 5.41) is 1.20. The van der Waals surface area contributed by atoms with Crippen LogP contribution in [-0.4, -0.2) is 11.7 Å². The molecule has 140 valence electrons. The number of methoxy groups -OCH3 is 1. The summed E-state index contributed by atoms with van der Waals surface area (Å²) in [6.07, 6.45) is 5.36. The van der Waals surface area contributed by atoms with Crippen molar-refractivity contribution in [2.24, 2.45) is 7.05 Å². The molecular formula is C25H22FNO. The summed E-state index contributed by atoms with van der Waals surface area (Å²) in [4.78, 5) is 0. The van der Waals surface area contributed by atoms with Gasteiger partial charge in [0.1, 0.15) is 11.6 Å². The lowest BCUT2D eigenvalue weighted by Crippen LogP contribution is -1.98. The second kappa shape index (κ2) is 6.52. The summed E-state index contributed by atoms with van der Waals surface area (Å²) in [5.74, 6) is 0.443. The molecule has 1 heterocycles. The van der Waals surface area contributed by atoms with Crippen LogP contribution in [-0.2, 0) is 19.9 Å². The predicted octanol–water partition coefficient (Wildman–Crippen LogP) is 6.15. The molecule has 4 aromatic rings. The molecule has 0 spiro atoms. The zero-order valence-electron chi connectivity index (χ0n) is 16.1. The van der Waals surface area contributed by atoms with Gasteiger partial charge in [-0.2, -0.15) is 0 Å². The van der Waals surface area contributed by atoms with Crippen LogP contribution in [0.15, 0.2) is 60.8 Å². The van der Waals surface area contributed by atoms with Crippen LogP contribution in [0.1, 0.15) is 17.5 Å². The molecule has 28 heavy (non-hydrogen) atoms. The molecule has 1 aromatic heterocycles. The summed E-state index contributed by atoms with van der Waals surface area (Å²) in [6, 6.07) is 17.8. The van der Waals surface area contributed by atoms with E-state index in [1.165, 1.54) is 33.7 Å². The number of rotatable bonds is 3. The molecule has 3 aromatic carbocycles. The molecule has 1 aliphatic rings. The van der Waals surface area contributed by atoms with Gasteiger partial charge < -0.3 is 9.30 Å². The first-order valence-corrected chi connectivity index (χ1v) is 9.70. The fourth-order valence-electron chi connectivity index (χ4n) is 4.59. The second-order valence-electron chi connectivity index (χ2n) is 7.50. The molecule has 0 saturated carbocycles. The van der Waals surface area contributed by atoms with Crippen molar-refractivity contribution >= 4 is 10.9 Å². The van der Waals surface area contributed by atoms with Gasteiger partial charge in [0, 0.05) is 29.8 Å². The first-order chi connectivity index (χ1) is 13.7. The van der Waals surface area contributed by atoms with Crippen molar-refractivity contribution in [3.8, 4) is 28.0 Å². The molecule has 0 bridgehead atoms. The van der Waals surface area contributed by atoms with Crippen molar-refractivity contribution in [1.82, 2.24) is 4.57 Å². The Labute approximate surface area is 164 Å². The summed E-state index contributed by atoms with van der Waals surface area (Å²) < 4.78 is 22.4. The summed E-state index contributed by atoms with van der Waals surface area (Å²) in [6.45, 7) is 0. The summed E-state index contributed by atoms with van der Waals surface area (Å²) >= 11 is 0. The maximum Gasteiger partial charge on any atom is 0.131 e. The number of nitrogens with zero attached hydrogens (tertiary/aromatic N) is 1. The molecule has 0 unspecified atom stereocenters. The minimum atomic E-state index is -0.223. The van der Waals surface area contributed by atoms with E-state index in [2.05, 4.69) is 54.2 Å². The monoisotopic (exact) mass is 371 g/mol. The molecule has 0 aliphatic heterocycles. The number of aromatic nitrogens is 1. The summed E-state index contributed by atoms with van der Waals surface area (Å²) in [7, 11) is 3.69. The minimum absolute atomic E-state index is 0.223. The maximum absolute atomic E-state index is 14.9. The highest BCUT2D eigenvalue weighted by atomic mass is 19.1. The lowest BCUT2D eigenvalue weighted by Gasteiger charge is -2.18. The number of hydrogen-bond donors (Lipinski definition) is 0. The van der Waals surface area contributed by atoms with Gasteiger partial charge in [0.2, 0.25) is 0 Å². The first-order valence-electron chi connectivity index (χ1n) is 9.70. The lowest BCUT2D eigenvalue weighted by molar-refractivity contribution is 0.414. The molecule has 5 rings (SSSR count). The topological polar surface area (TPSA) is 14.2 Å². The van der Waals surface area contributed by atoms with Gasteiger partial charge in [-0.25, -0.2) is 4.39 Å². The highest BCUT2D eigenvalue weighted by Crippen LogP contribution is 2.43. The molecule has 3 heteroatoms. The van der Waals surface area contributed by atoms with Gasteiger partial charge in [0.15, 0.2) is 0 Å². The molecule has 2 nitrogen and oxygen atoms in total. The molecule has 0 saturated heterocycles. The third-order valence-electron chi connectivity index (χ3n) is 5.91. The van der Waals surface area contributed by atoms with Gasteiger partial charge in [0.25, 0.3) is 0 Å². The van der Waals surface area contributed by atoms with Crippen LogP contribution >= 0.6 is 0 Å². The quantitative estimate of drug-likeness (QED) is 0.421. The van der Waals surface area contributed by atoms with Crippen molar-refractivity contribution in [3.63, 3.8) is 0 Å². The van der Waals surface area contributed by atoms with Crippen molar-refractivity contribution < 1.29 is 9.13 Å². The number of fused-ring (bicyclic) bond motifs is 2. The van der Waals surface area contributed by atoms with Gasteiger partial charge in [-0.1, -0.05) is 30.3 Å². The smallest absolute Gasteiger partial charge is 0.131 e. The fraction of sp³-hybridized carbons (Fsp3) is 0.200. The second-order valence-corrected chi connectivity index (χ2v) is 7.50. The van der Waals surface area contributed by atoms with Crippen LogP contribution in [0.5, 0.6) is 5.75 Å². The maximum atomic E-state index is 14.9. The van der Waals surface area contributed by atoms with E-state index in [1.54, 1.807) is 19.2 Å². The van der Waals surface area contributed by atoms with Crippen molar-refractivity contribution in [2.75, 3.05) is 7.11 Å². The van der Waals surface area contributed by atoms with E-state index in [9.17, 15) is 4.39 Å². The number of hydrogen-bond acceptors (Lipinski definition) is 1. The lowest BCUT2D eigenvalue weighted by atomic mass is 9.87. The normalized spacial score (nSPS) is 13.1.